The minimum absolute atomic E-state index is 0.0502. The van der Waals surface area contributed by atoms with Crippen molar-refractivity contribution in [3.63, 3.8) is 0 Å². The number of rotatable bonds is 2. The first-order valence-electron chi connectivity index (χ1n) is 7.43. The van der Waals surface area contributed by atoms with Crippen molar-refractivity contribution >= 4 is 5.91 Å². The van der Waals surface area contributed by atoms with Crippen LogP contribution in [0.5, 0.6) is 0 Å². The Morgan fingerprint density at radius 3 is 2.65 bits per heavy atom. The molecular weight excluding hydrogens is 255 g/mol. The Balaban J connectivity index is 1.60. The average molecular weight is 276 g/mol. The third kappa shape index (κ3) is 3.01. The van der Waals surface area contributed by atoms with Gasteiger partial charge in [0.05, 0.1) is 0 Å². The van der Waals surface area contributed by atoms with Crippen molar-refractivity contribution in [2.45, 2.75) is 44.2 Å². The Hall–Kier alpha value is -1.42. The predicted octanol–water partition coefficient (Wildman–Crippen LogP) is 2.46. The van der Waals surface area contributed by atoms with Crippen molar-refractivity contribution in [3.05, 3.63) is 35.6 Å². The molecule has 0 saturated carbocycles. The molecule has 2 heterocycles. The lowest BCUT2D eigenvalue weighted by atomic mass is 9.89. The number of hydrogen-bond acceptors (Lipinski definition) is 2. The van der Waals surface area contributed by atoms with E-state index in [0.29, 0.717) is 6.42 Å². The molecule has 1 N–H and O–H groups in total. The summed E-state index contributed by atoms with van der Waals surface area (Å²) in [5.74, 6) is 0.0224. The summed E-state index contributed by atoms with van der Waals surface area (Å²) in [5.41, 5.74) is 1.20. The molecule has 0 bridgehead atoms. The van der Waals surface area contributed by atoms with E-state index in [0.717, 1.165) is 50.9 Å². The maximum Gasteiger partial charge on any atom is 0.220 e. The van der Waals surface area contributed by atoms with E-state index < -0.39 is 0 Å². The van der Waals surface area contributed by atoms with Gasteiger partial charge in [-0.25, -0.2) is 4.39 Å². The molecule has 0 aromatic heterocycles. The maximum absolute atomic E-state index is 12.9. The molecule has 1 unspecified atom stereocenters. The van der Waals surface area contributed by atoms with Gasteiger partial charge >= 0.3 is 0 Å². The highest BCUT2D eigenvalue weighted by Crippen LogP contribution is 2.31. The molecule has 1 atom stereocenters. The van der Waals surface area contributed by atoms with Crippen LogP contribution in [0.4, 0.5) is 4.39 Å². The van der Waals surface area contributed by atoms with E-state index in [1.54, 1.807) is 0 Å². The summed E-state index contributed by atoms with van der Waals surface area (Å²) in [7, 11) is 0. The summed E-state index contributed by atoms with van der Waals surface area (Å²) >= 11 is 0. The molecule has 3 rings (SSSR count). The first-order chi connectivity index (χ1) is 9.65. The molecule has 0 aliphatic carbocycles. The summed E-state index contributed by atoms with van der Waals surface area (Å²) in [6.07, 6.45) is 4.88. The molecule has 2 aliphatic heterocycles. The van der Waals surface area contributed by atoms with Gasteiger partial charge in [0.25, 0.3) is 0 Å². The fraction of sp³-hybridized carbons (Fsp3) is 0.562. The number of amides is 1. The second kappa shape index (κ2) is 5.52. The Bertz CT molecular complexity index is 488. The number of carbonyl (C=O) groups excluding carboxylic acids is 1. The highest BCUT2D eigenvalue weighted by atomic mass is 19.1. The molecule has 4 heteroatoms. The second-order valence-electron chi connectivity index (χ2n) is 6.08. The van der Waals surface area contributed by atoms with Crippen molar-refractivity contribution in [1.29, 1.82) is 0 Å². The average Bonchev–Trinajstić information content (AvgIpc) is 2.68. The van der Waals surface area contributed by atoms with Crippen LogP contribution >= 0.6 is 0 Å². The van der Waals surface area contributed by atoms with E-state index >= 15 is 0 Å². The fourth-order valence-corrected chi connectivity index (χ4v) is 3.40. The summed E-state index contributed by atoms with van der Waals surface area (Å²) in [6.45, 7) is 2.91. The molecule has 2 aliphatic rings. The van der Waals surface area contributed by atoms with Crippen LogP contribution < -0.4 is 5.32 Å². The van der Waals surface area contributed by atoms with Gasteiger partial charge in [0.2, 0.25) is 5.91 Å². The van der Waals surface area contributed by atoms with Crippen LogP contribution in [0.25, 0.3) is 0 Å². The fourth-order valence-electron chi connectivity index (χ4n) is 3.40. The number of benzene rings is 1. The van der Waals surface area contributed by atoms with E-state index in [2.05, 4.69) is 10.2 Å². The second-order valence-corrected chi connectivity index (χ2v) is 6.08. The minimum atomic E-state index is -0.183. The van der Waals surface area contributed by atoms with Crippen molar-refractivity contribution in [3.8, 4) is 0 Å². The number of nitrogens with zero attached hydrogens (tertiary/aromatic N) is 1. The normalized spacial score (nSPS) is 27.6. The van der Waals surface area contributed by atoms with Crippen LogP contribution in [0.15, 0.2) is 24.3 Å². The highest BCUT2D eigenvalue weighted by molar-refractivity contribution is 5.79. The van der Waals surface area contributed by atoms with E-state index in [1.807, 2.05) is 12.1 Å². The van der Waals surface area contributed by atoms with Gasteiger partial charge in [-0.15, -0.1) is 0 Å². The zero-order valence-corrected chi connectivity index (χ0v) is 11.7. The van der Waals surface area contributed by atoms with Crippen LogP contribution in [0.3, 0.4) is 0 Å². The van der Waals surface area contributed by atoms with Gasteiger partial charge in [0.15, 0.2) is 0 Å². The van der Waals surface area contributed by atoms with Crippen molar-refractivity contribution in [2.75, 3.05) is 13.1 Å². The van der Waals surface area contributed by atoms with Gasteiger partial charge in [-0.1, -0.05) is 12.1 Å². The topological polar surface area (TPSA) is 32.3 Å². The molecule has 108 valence electrons. The molecule has 20 heavy (non-hydrogen) atoms. The standard InChI is InChI=1S/C16H21FN2O/c17-14-4-2-13(3-5-14)12-19-10-1-7-16(9-11-19)8-6-15(20)18-16/h2-5H,1,6-12H2,(H,18,20). The molecule has 2 fully saturated rings. The first kappa shape index (κ1) is 13.6. The molecule has 3 nitrogen and oxygen atoms in total. The smallest absolute Gasteiger partial charge is 0.220 e. The summed E-state index contributed by atoms with van der Waals surface area (Å²) in [5, 5.41) is 3.19. The third-order valence-electron chi connectivity index (χ3n) is 4.59. The highest BCUT2D eigenvalue weighted by Gasteiger charge is 2.38. The van der Waals surface area contributed by atoms with E-state index in [1.165, 1.54) is 12.1 Å². The molecule has 1 aromatic carbocycles. The Labute approximate surface area is 119 Å². The van der Waals surface area contributed by atoms with Crippen molar-refractivity contribution in [1.82, 2.24) is 10.2 Å². The largest absolute Gasteiger partial charge is 0.351 e. The summed E-state index contributed by atoms with van der Waals surface area (Å²) in [4.78, 5) is 13.9. The zero-order chi connectivity index (χ0) is 14.0. The zero-order valence-electron chi connectivity index (χ0n) is 11.7. The van der Waals surface area contributed by atoms with Gasteiger partial charge in [0, 0.05) is 25.0 Å². The van der Waals surface area contributed by atoms with Crippen LogP contribution in [0.2, 0.25) is 0 Å². The Morgan fingerprint density at radius 1 is 1.15 bits per heavy atom. The molecular formula is C16H21FN2O. The van der Waals surface area contributed by atoms with Crippen LogP contribution in [0.1, 0.15) is 37.7 Å². The van der Waals surface area contributed by atoms with E-state index in [-0.39, 0.29) is 17.3 Å². The van der Waals surface area contributed by atoms with Gasteiger partial charge in [-0.2, -0.15) is 0 Å². The number of nitrogens with one attached hydrogen (secondary N) is 1. The molecule has 2 saturated heterocycles. The minimum Gasteiger partial charge on any atom is -0.351 e. The number of likely N-dealkylation sites (tertiary alicyclic amines) is 1. The summed E-state index contributed by atoms with van der Waals surface area (Å²) < 4.78 is 12.9. The Kier molecular flexibility index (Phi) is 3.74. The Morgan fingerprint density at radius 2 is 1.95 bits per heavy atom. The number of hydrogen-bond donors (Lipinski definition) is 1. The predicted molar refractivity (Wildman–Crippen MR) is 75.6 cm³/mol. The first-order valence-corrected chi connectivity index (χ1v) is 7.43. The molecule has 1 spiro atoms. The van der Waals surface area contributed by atoms with Crippen LogP contribution in [-0.4, -0.2) is 29.4 Å². The summed E-state index contributed by atoms with van der Waals surface area (Å²) in [6, 6.07) is 6.75. The number of carbonyl (C=O) groups is 1. The quantitative estimate of drug-likeness (QED) is 0.900. The maximum atomic E-state index is 12.9. The van der Waals surface area contributed by atoms with Gasteiger partial charge in [0.1, 0.15) is 5.82 Å². The van der Waals surface area contributed by atoms with Gasteiger partial charge < -0.3 is 5.32 Å². The van der Waals surface area contributed by atoms with Gasteiger partial charge in [-0.3, -0.25) is 9.69 Å². The molecule has 1 aromatic rings. The number of halogens is 1. The SMILES string of the molecule is O=C1CCC2(CCCN(Cc3ccc(F)cc3)CC2)N1. The van der Waals surface area contributed by atoms with E-state index in [4.69, 9.17) is 0 Å². The van der Waals surface area contributed by atoms with Crippen molar-refractivity contribution < 1.29 is 9.18 Å². The molecule has 1 amide bonds. The third-order valence-corrected chi connectivity index (χ3v) is 4.59. The van der Waals surface area contributed by atoms with Crippen LogP contribution in [-0.2, 0) is 11.3 Å². The van der Waals surface area contributed by atoms with E-state index in [9.17, 15) is 9.18 Å². The van der Waals surface area contributed by atoms with Crippen molar-refractivity contribution in [2.24, 2.45) is 0 Å². The van der Waals surface area contributed by atoms with Crippen LogP contribution in [0, 0.1) is 5.82 Å². The molecule has 0 radical (unpaired) electrons. The lowest BCUT2D eigenvalue weighted by Gasteiger charge is -2.27. The lowest BCUT2D eigenvalue weighted by Crippen LogP contribution is -2.42. The monoisotopic (exact) mass is 276 g/mol. The van der Waals surface area contributed by atoms with Gasteiger partial charge in [-0.05, 0) is 49.9 Å². The lowest BCUT2D eigenvalue weighted by molar-refractivity contribution is -0.119.